The van der Waals surface area contributed by atoms with Crippen LogP contribution in [-0.2, 0) is 42.8 Å². The van der Waals surface area contributed by atoms with Crippen LogP contribution in [0.3, 0.4) is 0 Å². The maximum Gasteiger partial charge on any atom is 0.407 e. The molecule has 1 aromatic rings. The maximum absolute atomic E-state index is 13.1. The Morgan fingerprint density at radius 3 is 2.02 bits per heavy atom. The van der Waals surface area contributed by atoms with Gasteiger partial charge < -0.3 is 39.1 Å². The predicted octanol–water partition coefficient (Wildman–Crippen LogP) is 0.634. The molecular weight excluding hydrogens is 608 g/mol. The van der Waals surface area contributed by atoms with E-state index >= 15 is 0 Å². The standard InChI is InChI=1S/C30H42N4O12/c1-30(2,3)46-29(40)31-9-10-41-11-12-42-13-14-43-15-16-44-17-18-45-19-24(36)32-21-6-4-5-20-25(21)28(39)34(27(20)38)22-7-8-23(35)33-26(22)37/h4-6,22H,7-19H2,1-3H3,(H,31,40)(H,32,36)(H,33,35,37). The lowest BCUT2D eigenvalue weighted by Crippen LogP contribution is -2.54. The fourth-order valence-corrected chi connectivity index (χ4v) is 4.39. The van der Waals surface area contributed by atoms with Crippen molar-refractivity contribution in [2.75, 3.05) is 77.9 Å². The highest BCUT2D eigenvalue weighted by molar-refractivity contribution is 6.26. The molecular formula is C30H42N4O12. The van der Waals surface area contributed by atoms with Crippen molar-refractivity contribution in [3.8, 4) is 0 Å². The largest absolute Gasteiger partial charge is 0.444 e. The summed E-state index contributed by atoms with van der Waals surface area (Å²) < 4.78 is 32.0. The number of hydrogen-bond donors (Lipinski definition) is 3. The highest BCUT2D eigenvalue weighted by Crippen LogP contribution is 2.32. The van der Waals surface area contributed by atoms with Crippen molar-refractivity contribution in [1.29, 1.82) is 0 Å². The summed E-state index contributed by atoms with van der Waals surface area (Å²) in [5, 5.41) is 7.32. The number of imide groups is 2. The third kappa shape index (κ3) is 11.8. The second kappa shape index (κ2) is 18.3. The number of benzene rings is 1. The Morgan fingerprint density at radius 2 is 1.43 bits per heavy atom. The number of fused-ring (bicyclic) bond motifs is 1. The van der Waals surface area contributed by atoms with Gasteiger partial charge in [0.2, 0.25) is 17.7 Å². The van der Waals surface area contributed by atoms with E-state index in [1.807, 2.05) is 0 Å². The van der Waals surface area contributed by atoms with Crippen molar-refractivity contribution < 1.29 is 57.2 Å². The predicted molar refractivity (Wildman–Crippen MR) is 160 cm³/mol. The number of nitrogens with zero attached hydrogens (tertiary/aromatic N) is 1. The summed E-state index contributed by atoms with van der Waals surface area (Å²) in [5.41, 5.74) is -0.377. The smallest absolute Gasteiger partial charge is 0.407 e. The molecule has 2 aliphatic heterocycles. The lowest BCUT2D eigenvalue weighted by molar-refractivity contribution is -0.136. The van der Waals surface area contributed by atoms with E-state index in [-0.39, 0.29) is 49.5 Å². The number of piperidine rings is 1. The number of hydrogen-bond acceptors (Lipinski definition) is 12. The zero-order valence-electron chi connectivity index (χ0n) is 26.3. The van der Waals surface area contributed by atoms with Crippen LogP contribution in [0, 0.1) is 0 Å². The second-order valence-electron chi connectivity index (χ2n) is 11.2. The molecule has 2 heterocycles. The Bertz CT molecular complexity index is 1250. The summed E-state index contributed by atoms with van der Waals surface area (Å²) >= 11 is 0. The van der Waals surface area contributed by atoms with E-state index < -0.39 is 47.3 Å². The van der Waals surface area contributed by atoms with Crippen LogP contribution in [0.1, 0.15) is 54.3 Å². The van der Waals surface area contributed by atoms with E-state index in [0.29, 0.717) is 52.8 Å². The van der Waals surface area contributed by atoms with Gasteiger partial charge in [0.1, 0.15) is 18.2 Å². The van der Waals surface area contributed by atoms with E-state index in [4.69, 9.17) is 28.4 Å². The van der Waals surface area contributed by atoms with E-state index in [1.165, 1.54) is 18.2 Å². The molecule has 1 atom stereocenters. The SMILES string of the molecule is CC(C)(C)OC(=O)NCCOCCOCCOCCOCCOCC(=O)Nc1cccc2c1C(=O)N(C1CCC(=O)NC1=O)C2=O. The third-order valence-corrected chi connectivity index (χ3v) is 6.38. The molecule has 0 saturated carbocycles. The van der Waals surface area contributed by atoms with Crippen molar-refractivity contribution in [3.63, 3.8) is 0 Å². The molecule has 1 saturated heterocycles. The van der Waals surface area contributed by atoms with Gasteiger partial charge in [0, 0.05) is 13.0 Å². The number of anilines is 1. The average molecular weight is 651 g/mol. The fraction of sp³-hybridized carbons (Fsp3) is 0.600. The molecule has 46 heavy (non-hydrogen) atoms. The fourth-order valence-electron chi connectivity index (χ4n) is 4.39. The highest BCUT2D eigenvalue weighted by atomic mass is 16.6. The molecule has 16 nitrogen and oxygen atoms in total. The molecule has 16 heteroatoms. The van der Waals surface area contributed by atoms with E-state index in [2.05, 4.69) is 16.0 Å². The number of ether oxygens (including phenoxy) is 6. The number of carbonyl (C=O) groups is 6. The molecule has 0 bridgehead atoms. The topological polar surface area (TPSA) is 197 Å². The minimum absolute atomic E-state index is 0.00782. The lowest BCUT2D eigenvalue weighted by Gasteiger charge is -2.27. The number of alkyl carbamates (subject to hydrolysis) is 1. The first-order valence-corrected chi connectivity index (χ1v) is 15.0. The van der Waals surface area contributed by atoms with Gasteiger partial charge in [0.15, 0.2) is 0 Å². The van der Waals surface area contributed by atoms with Gasteiger partial charge in [-0.15, -0.1) is 0 Å². The first-order valence-electron chi connectivity index (χ1n) is 15.0. The van der Waals surface area contributed by atoms with Gasteiger partial charge in [-0.1, -0.05) is 6.07 Å². The number of amides is 6. The Balaban J connectivity index is 1.19. The van der Waals surface area contributed by atoms with E-state index in [9.17, 15) is 28.8 Å². The van der Waals surface area contributed by atoms with Gasteiger partial charge in [-0.3, -0.25) is 34.2 Å². The zero-order chi connectivity index (χ0) is 33.5. The van der Waals surface area contributed by atoms with Crippen LogP contribution in [-0.4, -0.2) is 125 Å². The summed E-state index contributed by atoms with van der Waals surface area (Å²) in [4.78, 5) is 74.5. The Labute approximate surface area is 266 Å². The molecule has 0 spiro atoms. The zero-order valence-corrected chi connectivity index (χ0v) is 26.3. The summed E-state index contributed by atoms with van der Waals surface area (Å²) in [6.45, 7) is 8.30. The molecule has 1 fully saturated rings. The molecule has 2 aliphatic rings. The number of carbonyl (C=O) groups excluding carboxylic acids is 6. The van der Waals surface area contributed by atoms with Crippen LogP contribution in [0.5, 0.6) is 0 Å². The van der Waals surface area contributed by atoms with Crippen LogP contribution in [0.25, 0.3) is 0 Å². The normalized spacial score (nSPS) is 16.3. The van der Waals surface area contributed by atoms with Crippen LogP contribution in [0.15, 0.2) is 18.2 Å². The summed E-state index contributed by atoms with van der Waals surface area (Å²) in [6, 6.07) is 3.33. The van der Waals surface area contributed by atoms with Gasteiger partial charge in [0.05, 0.1) is 76.3 Å². The Kier molecular flexibility index (Phi) is 14.5. The first-order chi connectivity index (χ1) is 22.0. The molecule has 3 rings (SSSR count). The molecule has 0 aromatic heterocycles. The van der Waals surface area contributed by atoms with Gasteiger partial charge in [-0.25, -0.2) is 4.79 Å². The molecule has 3 N–H and O–H groups in total. The minimum Gasteiger partial charge on any atom is -0.444 e. The Hall–Kier alpha value is -3.96. The second-order valence-corrected chi connectivity index (χ2v) is 11.2. The van der Waals surface area contributed by atoms with Crippen LogP contribution < -0.4 is 16.0 Å². The molecule has 6 amide bonds. The van der Waals surface area contributed by atoms with Crippen molar-refractivity contribution >= 4 is 41.3 Å². The highest BCUT2D eigenvalue weighted by Gasteiger charge is 2.45. The van der Waals surface area contributed by atoms with Crippen molar-refractivity contribution in [1.82, 2.24) is 15.5 Å². The van der Waals surface area contributed by atoms with Crippen molar-refractivity contribution in [2.24, 2.45) is 0 Å². The maximum atomic E-state index is 13.1. The summed E-state index contributed by atoms with van der Waals surface area (Å²) in [6.07, 6.45) is -0.447. The third-order valence-electron chi connectivity index (χ3n) is 6.38. The van der Waals surface area contributed by atoms with E-state index in [0.717, 1.165) is 4.90 Å². The molecule has 1 aromatic carbocycles. The van der Waals surface area contributed by atoms with Gasteiger partial charge >= 0.3 is 6.09 Å². The van der Waals surface area contributed by atoms with Crippen molar-refractivity contribution in [3.05, 3.63) is 29.3 Å². The average Bonchev–Trinajstić information content (AvgIpc) is 3.23. The number of rotatable bonds is 19. The quantitative estimate of drug-likeness (QED) is 0.140. The van der Waals surface area contributed by atoms with Gasteiger partial charge in [-0.05, 0) is 39.3 Å². The Morgan fingerprint density at radius 1 is 0.848 bits per heavy atom. The monoisotopic (exact) mass is 650 g/mol. The molecule has 1 unspecified atom stereocenters. The molecule has 0 radical (unpaired) electrons. The molecule has 254 valence electrons. The minimum atomic E-state index is -1.10. The van der Waals surface area contributed by atoms with Gasteiger partial charge in [0.25, 0.3) is 11.8 Å². The lowest BCUT2D eigenvalue weighted by atomic mass is 10.0. The van der Waals surface area contributed by atoms with Crippen LogP contribution >= 0.6 is 0 Å². The van der Waals surface area contributed by atoms with Crippen molar-refractivity contribution in [2.45, 2.75) is 45.3 Å². The van der Waals surface area contributed by atoms with Crippen LogP contribution in [0.4, 0.5) is 10.5 Å². The van der Waals surface area contributed by atoms with E-state index in [1.54, 1.807) is 20.8 Å². The first kappa shape index (κ1) is 36.5. The van der Waals surface area contributed by atoms with Gasteiger partial charge in [-0.2, -0.15) is 0 Å². The number of nitrogens with one attached hydrogen (secondary N) is 3. The van der Waals surface area contributed by atoms with Crippen LogP contribution in [0.2, 0.25) is 0 Å². The summed E-state index contributed by atoms with van der Waals surface area (Å²) in [5.74, 6) is -3.10. The molecule has 0 aliphatic carbocycles. The summed E-state index contributed by atoms with van der Waals surface area (Å²) in [7, 11) is 0.